The third-order valence-corrected chi connectivity index (χ3v) is 1.64. The Morgan fingerprint density at radius 2 is 2.50 bits per heavy atom. The van der Waals surface area contributed by atoms with Crippen LogP contribution in [0, 0.1) is 0 Å². The molecule has 1 atom stereocenters. The van der Waals surface area contributed by atoms with E-state index in [1.54, 1.807) is 13.8 Å². The Balaban J connectivity index is 2.27. The van der Waals surface area contributed by atoms with E-state index in [0.717, 1.165) is 0 Å². The van der Waals surface area contributed by atoms with E-state index in [-0.39, 0.29) is 12.7 Å². The van der Waals surface area contributed by atoms with Gasteiger partial charge in [0.25, 0.3) is 0 Å². The van der Waals surface area contributed by atoms with Gasteiger partial charge < -0.3 is 19.7 Å². The zero-order valence-electron chi connectivity index (χ0n) is 8.10. The first-order valence-electron chi connectivity index (χ1n) is 4.19. The maximum absolute atomic E-state index is 10.7. The lowest BCUT2D eigenvalue weighted by atomic mass is 10.4. The van der Waals surface area contributed by atoms with Crippen LogP contribution in [0.3, 0.4) is 0 Å². The molecule has 6 heteroatoms. The van der Waals surface area contributed by atoms with E-state index in [1.807, 2.05) is 0 Å². The number of carbonyl (C=O) groups excluding carboxylic acids is 1. The largest absolute Gasteiger partial charge is 0.454 e. The summed E-state index contributed by atoms with van der Waals surface area (Å²) < 4.78 is 15.3. The van der Waals surface area contributed by atoms with Crippen LogP contribution in [-0.4, -0.2) is 42.1 Å². The third-order valence-electron chi connectivity index (χ3n) is 1.64. The van der Waals surface area contributed by atoms with Crippen molar-refractivity contribution in [2.75, 3.05) is 13.2 Å². The van der Waals surface area contributed by atoms with Gasteiger partial charge in [-0.25, -0.2) is 4.79 Å². The Hall–Kier alpha value is -1.23. The summed E-state index contributed by atoms with van der Waals surface area (Å²) in [5.41, 5.74) is 8.02. The highest BCUT2D eigenvalue weighted by Crippen LogP contribution is 2.22. The van der Waals surface area contributed by atoms with E-state index in [4.69, 9.17) is 19.7 Å². The van der Waals surface area contributed by atoms with Gasteiger partial charge in [0.15, 0.2) is 5.79 Å². The lowest BCUT2D eigenvalue weighted by Gasteiger charge is -2.16. The first kappa shape index (κ1) is 10.8. The fourth-order valence-electron chi connectivity index (χ4n) is 1.10. The van der Waals surface area contributed by atoms with Gasteiger partial charge in [-0.3, -0.25) is 0 Å². The average molecular weight is 200 g/mol. The standard InChI is InChI=1S/C8H12N2O4/c1-8(2)13-5-6(14-8)4-12-7(11)3-10-9/h3,6H,4-5H2,1-2H3. The van der Waals surface area contributed by atoms with Crippen molar-refractivity contribution >= 4 is 12.2 Å². The van der Waals surface area contributed by atoms with Crippen LogP contribution >= 0.6 is 0 Å². The summed E-state index contributed by atoms with van der Waals surface area (Å²) in [6, 6.07) is 0. The molecule has 0 aromatic heterocycles. The van der Waals surface area contributed by atoms with E-state index in [2.05, 4.69) is 4.79 Å². The fraction of sp³-hybridized carbons (Fsp3) is 0.750. The summed E-state index contributed by atoms with van der Waals surface area (Å²) in [5.74, 6) is -1.33. The van der Waals surface area contributed by atoms with Gasteiger partial charge in [0, 0.05) is 0 Å². The second kappa shape index (κ2) is 4.32. The Bertz CT molecular complexity index is 271. The van der Waals surface area contributed by atoms with Gasteiger partial charge in [-0.15, -0.1) is 0 Å². The van der Waals surface area contributed by atoms with Crippen LogP contribution in [0.25, 0.3) is 5.53 Å². The molecule has 1 saturated heterocycles. The molecule has 0 bridgehead atoms. The molecule has 1 aliphatic rings. The summed E-state index contributed by atoms with van der Waals surface area (Å²) in [6.07, 6.45) is 0.419. The molecule has 0 aliphatic carbocycles. The zero-order chi connectivity index (χ0) is 10.6. The van der Waals surface area contributed by atoms with Crippen LogP contribution in [0.1, 0.15) is 13.8 Å². The van der Waals surface area contributed by atoms with Crippen molar-refractivity contribution in [3.63, 3.8) is 0 Å². The Morgan fingerprint density at radius 1 is 1.79 bits per heavy atom. The van der Waals surface area contributed by atoms with Crippen molar-refractivity contribution in [1.82, 2.24) is 0 Å². The van der Waals surface area contributed by atoms with Crippen molar-refractivity contribution in [2.45, 2.75) is 25.7 Å². The molecular formula is C8H12N2O4. The summed E-state index contributed by atoms with van der Waals surface area (Å²) in [4.78, 5) is 13.3. The van der Waals surface area contributed by atoms with Crippen LogP contribution in [0.4, 0.5) is 0 Å². The molecule has 1 rings (SSSR count). The van der Waals surface area contributed by atoms with Crippen LogP contribution in [0.2, 0.25) is 0 Å². The fourth-order valence-corrected chi connectivity index (χ4v) is 1.10. The Morgan fingerprint density at radius 3 is 3.00 bits per heavy atom. The molecule has 0 aromatic rings. The van der Waals surface area contributed by atoms with Gasteiger partial charge in [-0.05, 0) is 13.8 Å². The molecule has 0 radical (unpaired) electrons. The monoisotopic (exact) mass is 200 g/mol. The summed E-state index contributed by atoms with van der Waals surface area (Å²) in [6.45, 7) is 4.04. The second-order valence-corrected chi connectivity index (χ2v) is 3.33. The lowest BCUT2D eigenvalue weighted by molar-refractivity contribution is -0.155. The van der Waals surface area contributed by atoms with Crippen LogP contribution in [0.15, 0.2) is 0 Å². The van der Waals surface area contributed by atoms with E-state index in [0.29, 0.717) is 12.8 Å². The molecule has 0 N–H and O–H groups in total. The van der Waals surface area contributed by atoms with Gasteiger partial charge in [0.05, 0.1) is 6.61 Å². The molecule has 0 spiro atoms. The second-order valence-electron chi connectivity index (χ2n) is 3.33. The van der Waals surface area contributed by atoms with E-state index >= 15 is 0 Å². The molecule has 0 amide bonds. The Labute approximate surface area is 81.4 Å². The SMILES string of the molecule is CC1(C)OCC(COC(=O)C=[N+]=[N-])O1. The third kappa shape index (κ3) is 3.26. The molecule has 0 aromatic carbocycles. The highest BCUT2D eigenvalue weighted by atomic mass is 16.7. The maximum atomic E-state index is 10.7. The number of esters is 1. The molecule has 6 nitrogen and oxygen atoms in total. The molecule has 1 aliphatic heterocycles. The van der Waals surface area contributed by atoms with E-state index in [9.17, 15) is 4.79 Å². The molecule has 1 fully saturated rings. The molecule has 78 valence electrons. The van der Waals surface area contributed by atoms with Gasteiger partial charge in [-0.1, -0.05) is 0 Å². The van der Waals surface area contributed by atoms with Crippen molar-refractivity contribution in [1.29, 1.82) is 0 Å². The molecule has 1 unspecified atom stereocenters. The van der Waals surface area contributed by atoms with E-state index < -0.39 is 11.8 Å². The first-order valence-corrected chi connectivity index (χ1v) is 4.19. The summed E-state index contributed by atoms with van der Waals surface area (Å²) in [5, 5.41) is 0. The first-order chi connectivity index (χ1) is 6.53. The number of hydrogen-bond acceptors (Lipinski definition) is 4. The quantitative estimate of drug-likeness (QED) is 0.277. The number of carbonyl (C=O) groups is 1. The number of nitrogens with zero attached hydrogens (tertiary/aromatic N) is 2. The number of hydrogen-bond donors (Lipinski definition) is 0. The van der Waals surface area contributed by atoms with Crippen LogP contribution in [0.5, 0.6) is 0 Å². The minimum Gasteiger partial charge on any atom is -0.454 e. The van der Waals surface area contributed by atoms with Crippen molar-refractivity contribution in [2.24, 2.45) is 0 Å². The van der Waals surface area contributed by atoms with Crippen LogP contribution in [-0.2, 0) is 19.0 Å². The van der Waals surface area contributed by atoms with Crippen LogP contribution < -0.4 is 0 Å². The van der Waals surface area contributed by atoms with Crippen molar-refractivity contribution < 1.29 is 23.8 Å². The molecular weight excluding hydrogens is 188 g/mol. The van der Waals surface area contributed by atoms with Crippen molar-refractivity contribution in [3.05, 3.63) is 5.53 Å². The zero-order valence-corrected chi connectivity index (χ0v) is 8.10. The normalized spacial score (nSPS) is 24.0. The highest BCUT2D eigenvalue weighted by Gasteiger charge is 2.33. The summed E-state index contributed by atoms with van der Waals surface area (Å²) >= 11 is 0. The molecule has 14 heavy (non-hydrogen) atoms. The number of rotatable bonds is 3. The molecule has 1 heterocycles. The van der Waals surface area contributed by atoms with Gasteiger partial charge in [-0.2, -0.15) is 4.79 Å². The van der Waals surface area contributed by atoms with E-state index in [1.165, 1.54) is 0 Å². The van der Waals surface area contributed by atoms with Gasteiger partial charge in [0.2, 0.25) is 0 Å². The maximum Gasteiger partial charge on any atom is 0.413 e. The lowest BCUT2D eigenvalue weighted by Crippen LogP contribution is -2.25. The van der Waals surface area contributed by atoms with Gasteiger partial charge >= 0.3 is 12.2 Å². The minimum absolute atomic E-state index is 0.0916. The van der Waals surface area contributed by atoms with Crippen molar-refractivity contribution in [3.8, 4) is 0 Å². The topological polar surface area (TPSA) is 81.2 Å². The number of ether oxygens (including phenoxy) is 3. The summed E-state index contributed by atoms with van der Waals surface area (Å²) in [7, 11) is 0. The average Bonchev–Trinajstić information content (AvgIpc) is 2.43. The predicted octanol–water partition coefficient (Wildman–Crippen LogP) is -0.0183. The smallest absolute Gasteiger partial charge is 0.413 e. The van der Waals surface area contributed by atoms with Gasteiger partial charge in [0.1, 0.15) is 12.7 Å². The highest BCUT2D eigenvalue weighted by molar-refractivity contribution is 6.20. The predicted molar refractivity (Wildman–Crippen MR) is 45.5 cm³/mol. The minimum atomic E-state index is -0.708. The molecule has 0 saturated carbocycles. The Kier molecular flexibility index (Phi) is 3.35.